The zero-order valence-corrected chi connectivity index (χ0v) is 11.8. The van der Waals surface area contributed by atoms with E-state index < -0.39 is 5.97 Å². The number of carbonyl (C=O) groups is 1. The van der Waals surface area contributed by atoms with E-state index in [2.05, 4.69) is 24.0 Å². The van der Waals surface area contributed by atoms with Crippen LogP contribution in [-0.4, -0.2) is 17.6 Å². The highest BCUT2D eigenvalue weighted by molar-refractivity contribution is 5.88. The molecular weight excluding hydrogens is 250 g/mol. The summed E-state index contributed by atoms with van der Waals surface area (Å²) >= 11 is 0. The molecule has 3 nitrogen and oxygen atoms in total. The van der Waals surface area contributed by atoms with E-state index >= 15 is 0 Å². The first-order valence-electron chi connectivity index (χ1n) is 6.74. The van der Waals surface area contributed by atoms with Gasteiger partial charge in [0.2, 0.25) is 0 Å². The van der Waals surface area contributed by atoms with Crippen molar-refractivity contribution < 1.29 is 9.90 Å². The van der Waals surface area contributed by atoms with Gasteiger partial charge in [-0.3, -0.25) is 0 Å². The highest BCUT2D eigenvalue weighted by atomic mass is 16.4. The number of nitrogens with zero attached hydrogens (tertiary/aromatic N) is 1. The first-order chi connectivity index (χ1) is 9.61. The fourth-order valence-electron chi connectivity index (χ4n) is 2.31. The van der Waals surface area contributed by atoms with Crippen molar-refractivity contribution in [3.8, 4) is 0 Å². The van der Waals surface area contributed by atoms with Gasteiger partial charge in [-0.1, -0.05) is 30.3 Å². The standard InChI is InChI=1S/C17H19NO2/c1-3-18(12-14-7-5-4-6-8-14)16-10-9-15(17(19)20)11-13(16)2/h4-11H,3,12H2,1-2H3,(H,19,20). The summed E-state index contributed by atoms with van der Waals surface area (Å²) in [6, 6.07) is 15.6. The van der Waals surface area contributed by atoms with Crippen LogP contribution in [0.4, 0.5) is 5.69 Å². The first-order valence-corrected chi connectivity index (χ1v) is 6.74. The van der Waals surface area contributed by atoms with Crippen LogP contribution in [-0.2, 0) is 6.54 Å². The van der Waals surface area contributed by atoms with Crippen LogP contribution in [0.2, 0.25) is 0 Å². The molecule has 0 aliphatic carbocycles. The van der Waals surface area contributed by atoms with Crippen LogP contribution < -0.4 is 4.90 Å². The zero-order chi connectivity index (χ0) is 14.5. The Balaban J connectivity index is 2.26. The molecule has 0 amide bonds. The van der Waals surface area contributed by atoms with Crippen molar-refractivity contribution in [2.24, 2.45) is 0 Å². The molecule has 104 valence electrons. The Morgan fingerprint density at radius 2 is 1.85 bits per heavy atom. The fraction of sp³-hybridized carbons (Fsp3) is 0.235. The van der Waals surface area contributed by atoms with Crippen LogP contribution in [0, 0.1) is 6.92 Å². The summed E-state index contributed by atoms with van der Waals surface area (Å²) in [5.74, 6) is -0.884. The predicted octanol–water partition coefficient (Wildman–Crippen LogP) is 3.72. The molecule has 0 atom stereocenters. The van der Waals surface area contributed by atoms with E-state index in [0.717, 1.165) is 24.3 Å². The molecule has 0 bridgehead atoms. The lowest BCUT2D eigenvalue weighted by Crippen LogP contribution is -2.23. The topological polar surface area (TPSA) is 40.5 Å². The molecule has 0 spiro atoms. The van der Waals surface area contributed by atoms with Crippen LogP contribution in [0.15, 0.2) is 48.5 Å². The Hall–Kier alpha value is -2.29. The Morgan fingerprint density at radius 1 is 1.15 bits per heavy atom. The van der Waals surface area contributed by atoms with Gasteiger partial charge in [0, 0.05) is 18.8 Å². The van der Waals surface area contributed by atoms with E-state index in [-0.39, 0.29) is 0 Å². The second-order valence-electron chi connectivity index (χ2n) is 4.81. The van der Waals surface area contributed by atoms with Crippen molar-refractivity contribution in [3.63, 3.8) is 0 Å². The highest BCUT2D eigenvalue weighted by Gasteiger charge is 2.11. The Bertz CT molecular complexity index is 593. The Kier molecular flexibility index (Phi) is 4.41. The van der Waals surface area contributed by atoms with Crippen molar-refractivity contribution in [1.29, 1.82) is 0 Å². The molecule has 1 N–H and O–H groups in total. The van der Waals surface area contributed by atoms with E-state index in [1.54, 1.807) is 12.1 Å². The maximum atomic E-state index is 11.0. The summed E-state index contributed by atoms with van der Waals surface area (Å²) < 4.78 is 0. The van der Waals surface area contributed by atoms with E-state index in [4.69, 9.17) is 5.11 Å². The molecule has 0 unspecified atom stereocenters. The van der Waals surface area contributed by atoms with E-state index in [1.807, 2.05) is 31.2 Å². The summed E-state index contributed by atoms with van der Waals surface area (Å²) in [5, 5.41) is 9.02. The second kappa shape index (κ2) is 6.24. The fourth-order valence-corrected chi connectivity index (χ4v) is 2.31. The van der Waals surface area contributed by atoms with Crippen molar-refractivity contribution in [2.45, 2.75) is 20.4 Å². The van der Waals surface area contributed by atoms with Crippen LogP contribution in [0.1, 0.15) is 28.4 Å². The molecule has 0 aromatic heterocycles. The largest absolute Gasteiger partial charge is 0.478 e. The summed E-state index contributed by atoms with van der Waals surface area (Å²) in [6.45, 7) is 5.76. The van der Waals surface area contributed by atoms with Gasteiger partial charge < -0.3 is 10.0 Å². The number of carboxylic acids is 1. The molecule has 20 heavy (non-hydrogen) atoms. The van der Waals surface area contributed by atoms with E-state index in [0.29, 0.717) is 5.56 Å². The van der Waals surface area contributed by atoms with Crippen LogP contribution in [0.5, 0.6) is 0 Å². The summed E-state index contributed by atoms with van der Waals surface area (Å²) in [4.78, 5) is 13.2. The molecule has 3 heteroatoms. The van der Waals surface area contributed by atoms with Gasteiger partial charge in [0.1, 0.15) is 0 Å². The second-order valence-corrected chi connectivity index (χ2v) is 4.81. The first kappa shape index (κ1) is 14.1. The normalized spacial score (nSPS) is 10.3. The highest BCUT2D eigenvalue weighted by Crippen LogP contribution is 2.23. The maximum Gasteiger partial charge on any atom is 0.335 e. The number of benzene rings is 2. The maximum absolute atomic E-state index is 11.0. The van der Waals surface area contributed by atoms with Crippen molar-refractivity contribution in [1.82, 2.24) is 0 Å². The number of hydrogen-bond acceptors (Lipinski definition) is 2. The van der Waals surface area contributed by atoms with Crippen LogP contribution in [0.3, 0.4) is 0 Å². The van der Waals surface area contributed by atoms with Gasteiger partial charge in [-0.05, 0) is 43.2 Å². The molecule has 0 radical (unpaired) electrons. The SMILES string of the molecule is CCN(Cc1ccccc1)c1ccc(C(=O)O)cc1C. The molecule has 2 aromatic rings. The summed E-state index contributed by atoms with van der Waals surface area (Å²) in [5.41, 5.74) is 3.65. The third-order valence-corrected chi connectivity index (χ3v) is 3.38. The van der Waals surface area contributed by atoms with Gasteiger partial charge in [-0.15, -0.1) is 0 Å². The van der Waals surface area contributed by atoms with Crippen molar-refractivity contribution >= 4 is 11.7 Å². The minimum Gasteiger partial charge on any atom is -0.478 e. The number of hydrogen-bond donors (Lipinski definition) is 1. The molecule has 0 heterocycles. The lowest BCUT2D eigenvalue weighted by Gasteiger charge is -2.25. The third kappa shape index (κ3) is 3.18. The minimum absolute atomic E-state index is 0.335. The predicted molar refractivity (Wildman–Crippen MR) is 81.3 cm³/mol. The van der Waals surface area contributed by atoms with E-state index in [9.17, 15) is 4.79 Å². The minimum atomic E-state index is -0.884. The average molecular weight is 269 g/mol. The van der Waals surface area contributed by atoms with Gasteiger partial charge in [-0.2, -0.15) is 0 Å². The van der Waals surface area contributed by atoms with Crippen LogP contribution >= 0.6 is 0 Å². The van der Waals surface area contributed by atoms with Crippen LogP contribution in [0.25, 0.3) is 0 Å². The molecule has 0 aliphatic rings. The smallest absolute Gasteiger partial charge is 0.335 e. The number of aromatic carboxylic acids is 1. The molecule has 0 saturated heterocycles. The lowest BCUT2D eigenvalue weighted by molar-refractivity contribution is 0.0697. The third-order valence-electron chi connectivity index (χ3n) is 3.38. The van der Waals surface area contributed by atoms with Gasteiger partial charge in [0.05, 0.1) is 5.56 Å². The summed E-state index contributed by atoms with van der Waals surface area (Å²) in [6.07, 6.45) is 0. The average Bonchev–Trinajstić information content (AvgIpc) is 2.46. The molecule has 2 aromatic carbocycles. The van der Waals surface area contributed by atoms with Gasteiger partial charge >= 0.3 is 5.97 Å². The lowest BCUT2D eigenvalue weighted by atomic mass is 10.1. The quantitative estimate of drug-likeness (QED) is 0.899. The summed E-state index contributed by atoms with van der Waals surface area (Å²) in [7, 11) is 0. The number of aryl methyl sites for hydroxylation is 1. The zero-order valence-electron chi connectivity index (χ0n) is 11.8. The monoisotopic (exact) mass is 269 g/mol. The number of anilines is 1. The van der Waals surface area contributed by atoms with E-state index in [1.165, 1.54) is 5.56 Å². The Morgan fingerprint density at radius 3 is 2.40 bits per heavy atom. The molecule has 2 rings (SSSR count). The van der Waals surface area contributed by atoms with Crippen molar-refractivity contribution in [2.75, 3.05) is 11.4 Å². The van der Waals surface area contributed by atoms with Crippen molar-refractivity contribution in [3.05, 3.63) is 65.2 Å². The molecule has 0 fully saturated rings. The molecular formula is C17H19NO2. The number of rotatable bonds is 5. The number of carboxylic acid groups (broad SMARTS) is 1. The molecule has 0 aliphatic heterocycles. The van der Waals surface area contributed by atoms with Gasteiger partial charge in [-0.25, -0.2) is 4.79 Å². The Labute approximate surface area is 119 Å². The van der Waals surface area contributed by atoms with Gasteiger partial charge in [0.15, 0.2) is 0 Å². The van der Waals surface area contributed by atoms with Gasteiger partial charge in [0.25, 0.3) is 0 Å². The molecule has 0 saturated carbocycles.